The minimum absolute atomic E-state index is 0.494. The van der Waals surface area contributed by atoms with E-state index in [2.05, 4.69) is 28.1 Å². The number of nitrogens with two attached hydrogens (primary N) is 1. The third-order valence-corrected chi connectivity index (χ3v) is 3.89. The normalized spacial score (nSPS) is 15.8. The molecule has 0 bridgehead atoms. The number of pyridine rings is 1. The number of piperidine rings is 1. The zero-order valence-corrected chi connectivity index (χ0v) is 11.9. The lowest BCUT2D eigenvalue weighted by Crippen LogP contribution is -2.29. The van der Waals surface area contributed by atoms with Crippen molar-refractivity contribution in [1.29, 1.82) is 0 Å². The summed E-state index contributed by atoms with van der Waals surface area (Å²) >= 11 is 0. The molecule has 1 aromatic carbocycles. The van der Waals surface area contributed by atoms with E-state index in [0.29, 0.717) is 6.61 Å². The molecule has 0 spiro atoms. The Morgan fingerprint density at radius 1 is 1.20 bits per heavy atom. The van der Waals surface area contributed by atoms with Gasteiger partial charge in [0.15, 0.2) is 0 Å². The molecular formula is C16H21N3O. The van der Waals surface area contributed by atoms with Crippen molar-refractivity contribution in [3.63, 3.8) is 0 Å². The average Bonchev–Trinajstić information content (AvgIpc) is 2.48. The van der Waals surface area contributed by atoms with Crippen molar-refractivity contribution in [2.24, 2.45) is 0 Å². The number of nitrogen functional groups attached to an aromatic ring is 1. The summed E-state index contributed by atoms with van der Waals surface area (Å²) in [6, 6.07) is 8.29. The number of methoxy groups -OCH3 is 1. The molecule has 1 aliphatic rings. The lowest BCUT2D eigenvalue weighted by molar-refractivity contribution is 0.182. The Bertz CT molecular complexity index is 606. The topological polar surface area (TPSA) is 51.4 Å². The Labute approximate surface area is 119 Å². The first-order valence-corrected chi connectivity index (χ1v) is 7.21. The highest BCUT2D eigenvalue weighted by Crippen LogP contribution is 2.28. The molecule has 4 heteroatoms. The summed E-state index contributed by atoms with van der Waals surface area (Å²) in [5, 5.41) is 1.04. The van der Waals surface area contributed by atoms with Crippen LogP contribution in [0.1, 0.15) is 25.0 Å². The van der Waals surface area contributed by atoms with Crippen molar-refractivity contribution >= 4 is 22.3 Å². The fourth-order valence-electron chi connectivity index (χ4n) is 2.87. The first kappa shape index (κ1) is 13.2. The van der Waals surface area contributed by atoms with Crippen LogP contribution in [0.2, 0.25) is 0 Å². The van der Waals surface area contributed by atoms with E-state index >= 15 is 0 Å². The molecule has 0 radical (unpaired) electrons. The van der Waals surface area contributed by atoms with Crippen LogP contribution in [0.25, 0.3) is 10.9 Å². The van der Waals surface area contributed by atoms with Gasteiger partial charge in [-0.3, -0.25) is 4.98 Å². The first-order chi connectivity index (χ1) is 9.78. The Morgan fingerprint density at radius 2 is 2.00 bits per heavy atom. The molecule has 1 aromatic heterocycles. The van der Waals surface area contributed by atoms with Gasteiger partial charge in [0.1, 0.15) is 0 Å². The van der Waals surface area contributed by atoms with Crippen LogP contribution in [0.5, 0.6) is 0 Å². The van der Waals surface area contributed by atoms with E-state index in [1.807, 2.05) is 6.07 Å². The van der Waals surface area contributed by atoms with Crippen LogP contribution in [-0.2, 0) is 11.3 Å². The minimum atomic E-state index is 0.494. The molecule has 0 aliphatic carbocycles. The maximum atomic E-state index is 6.17. The minimum Gasteiger partial charge on any atom is -0.398 e. The van der Waals surface area contributed by atoms with Gasteiger partial charge in [0.05, 0.1) is 17.8 Å². The summed E-state index contributed by atoms with van der Waals surface area (Å²) in [6.07, 6.45) is 3.89. The fourth-order valence-corrected chi connectivity index (χ4v) is 2.87. The van der Waals surface area contributed by atoms with Gasteiger partial charge in [-0.1, -0.05) is 0 Å². The van der Waals surface area contributed by atoms with Gasteiger partial charge in [-0.15, -0.1) is 0 Å². The second-order valence-corrected chi connectivity index (χ2v) is 5.38. The molecule has 2 N–H and O–H groups in total. The van der Waals surface area contributed by atoms with Crippen LogP contribution in [0.3, 0.4) is 0 Å². The number of hydrogen-bond acceptors (Lipinski definition) is 4. The van der Waals surface area contributed by atoms with E-state index in [-0.39, 0.29) is 0 Å². The third-order valence-electron chi connectivity index (χ3n) is 3.89. The molecule has 1 saturated heterocycles. The zero-order chi connectivity index (χ0) is 13.9. The number of hydrogen-bond donors (Lipinski definition) is 1. The second-order valence-electron chi connectivity index (χ2n) is 5.38. The Balaban J connectivity index is 1.98. The summed E-state index contributed by atoms with van der Waals surface area (Å²) in [6.45, 7) is 2.77. The maximum absolute atomic E-state index is 6.17. The van der Waals surface area contributed by atoms with Crippen molar-refractivity contribution in [1.82, 2.24) is 4.98 Å². The SMILES string of the molecule is COCc1cc(N)c2cc(N3CCCCC3)ccc2n1. The molecule has 0 saturated carbocycles. The first-order valence-electron chi connectivity index (χ1n) is 7.21. The van der Waals surface area contributed by atoms with Crippen LogP contribution in [0.15, 0.2) is 24.3 Å². The summed E-state index contributed by atoms with van der Waals surface area (Å²) in [7, 11) is 1.67. The molecule has 2 heterocycles. The summed E-state index contributed by atoms with van der Waals surface area (Å²) in [4.78, 5) is 7.02. The van der Waals surface area contributed by atoms with Gasteiger partial charge in [0, 0.05) is 37.0 Å². The smallest absolute Gasteiger partial charge is 0.0885 e. The average molecular weight is 271 g/mol. The number of aromatic nitrogens is 1. The Hall–Kier alpha value is -1.81. The van der Waals surface area contributed by atoms with E-state index in [4.69, 9.17) is 10.5 Å². The predicted molar refractivity (Wildman–Crippen MR) is 82.9 cm³/mol. The van der Waals surface area contributed by atoms with Crippen LogP contribution < -0.4 is 10.6 Å². The van der Waals surface area contributed by atoms with Crippen molar-refractivity contribution in [2.75, 3.05) is 30.8 Å². The number of rotatable bonds is 3. The van der Waals surface area contributed by atoms with E-state index in [1.54, 1.807) is 7.11 Å². The van der Waals surface area contributed by atoms with E-state index < -0.39 is 0 Å². The molecule has 0 atom stereocenters. The molecule has 1 fully saturated rings. The van der Waals surface area contributed by atoms with Gasteiger partial charge >= 0.3 is 0 Å². The summed E-state index contributed by atoms with van der Waals surface area (Å²) in [5.74, 6) is 0. The van der Waals surface area contributed by atoms with E-state index in [9.17, 15) is 0 Å². The number of fused-ring (bicyclic) bond motifs is 1. The number of ether oxygens (including phenoxy) is 1. The molecule has 1 aliphatic heterocycles. The molecule has 20 heavy (non-hydrogen) atoms. The largest absolute Gasteiger partial charge is 0.398 e. The second kappa shape index (κ2) is 5.67. The van der Waals surface area contributed by atoms with Crippen LogP contribution in [-0.4, -0.2) is 25.2 Å². The van der Waals surface area contributed by atoms with Crippen molar-refractivity contribution in [2.45, 2.75) is 25.9 Å². The Morgan fingerprint density at radius 3 is 2.75 bits per heavy atom. The lowest BCUT2D eigenvalue weighted by atomic mass is 10.1. The number of benzene rings is 1. The quantitative estimate of drug-likeness (QED) is 0.932. The standard InChI is InChI=1S/C16H21N3O/c1-20-11-12-9-15(17)14-10-13(5-6-16(14)18-12)19-7-3-2-4-8-19/h5-6,9-10H,2-4,7-8,11H2,1H3,(H2,17,18). The molecule has 3 rings (SSSR count). The van der Waals surface area contributed by atoms with Gasteiger partial charge in [-0.2, -0.15) is 0 Å². The highest BCUT2D eigenvalue weighted by molar-refractivity contribution is 5.92. The van der Waals surface area contributed by atoms with Gasteiger partial charge in [-0.25, -0.2) is 0 Å². The van der Waals surface area contributed by atoms with Crippen molar-refractivity contribution in [3.05, 3.63) is 30.0 Å². The Kier molecular flexibility index (Phi) is 3.74. The van der Waals surface area contributed by atoms with Crippen LogP contribution >= 0.6 is 0 Å². The van der Waals surface area contributed by atoms with Gasteiger partial charge in [-0.05, 0) is 43.5 Å². The predicted octanol–water partition coefficient (Wildman–Crippen LogP) is 2.95. The molecule has 106 valence electrons. The summed E-state index contributed by atoms with van der Waals surface area (Å²) in [5.41, 5.74) is 10.0. The summed E-state index contributed by atoms with van der Waals surface area (Å²) < 4.78 is 5.12. The molecule has 4 nitrogen and oxygen atoms in total. The zero-order valence-electron chi connectivity index (χ0n) is 11.9. The number of anilines is 2. The highest BCUT2D eigenvalue weighted by Gasteiger charge is 2.12. The lowest BCUT2D eigenvalue weighted by Gasteiger charge is -2.29. The van der Waals surface area contributed by atoms with Gasteiger partial charge < -0.3 is 15.4 Å². The van der Waals surface area contributed by atoms with Crippen molar-refractivity contribution in [3.8, 4) is 0 Å². The van der Waals surface area contributed by atoms with E-state index in [1.165, 1.54) is 24.9 Å². The van der Waals surface area contributed by atoms with E-state index in [0.717, 1.165) is 35.4 Å². The number of nitrogens with zero attached hydrogens (tertiary/aromatic N) is 2. The molecule has 0 amide bonds. The molecule has 0 unspecified atom stereocenters. The monoisotopic (exact) mass is 271 g/mol. The molecular weight excluding hydrogens is 250 g/mol. The fraction of sp³-hybridized carbons (Fsp3) is 0.438. The molecule has 2 aromatic rings. The third kappa shape index (κ3) is 2.56. The van der Waals surface area contributed by atoms with Crippen LogP contribution in [0, 0.1) is 0 Å². The van der Waals surface area contributed by atoms with Gasteiger partial charge in [0.25, 0.3) is 0 Å². The maximum Gasteiger partial charge on any atom is 0.0885 e. The van der Waals surface area contributed by atoms with Crippen molar-refractivity contribution < 1.29 is 4.74 Å². The van der Waals surface area contributed by atoms with Crippen LogP contribution in [0.4, 0.5) is 11.4 Å². The van der Waals surface area contributed by atoms with Gasteiger partial charge in [0.2, 0.25) is 0 Å². The highest BCUT2D eigenvalue weighted by atomic mass is 16.5.